The van der Waals surface area contributed by atoms with Crippen molar-refractivity contribution in [2.75, 3.05) is 13.2 Å². The first kappa shape index (κ1) is 9.61. The summed E-state index contributed by atoms with van der Waals surface area (Å²) in [5.41, 5.74) is 0. The number of rotatable bonds is 4. The van der Waals surface area contributed by atoms with Crippen molar-refractivity contribution in [3.8, 4) is 0 Å². The van der Waals surface area contributed by atoms with E-state index in [2.05, 4.69) is 4.74 Å². The fourth-order valence-corrected chi connectivity index (χ4v) is 0.425. The number of nitrogens with zero attached hydrogens (tertiary/aromatic N) is 1. The number of carbonyl (C=O) groups is 1. The van der Waals surface area contributed by atoms with E-state index in [0.717, 1.165) is 12.2 Å². The maximum Gasteiger partial charge on any atom is 0.330 e. The van der Waals surface area contributed by atoms with Crippen molar-refractivity contribution in [1.82, 2.24) is 0 Å². The van der Waals surface area contributed by atoms with Crippen molar-refractivity contribution in [2.24, 2.45) is 0 Å². The Morgan fingerprint density at radius 3 is 2.82 bits per heavy atom. The molecule has 11 heavy (non-hydrogen) atoms. The third kappa shape index (κ3) is 6.50. The third-order valence-corrected chi connectivity index (χ3v) is 0.795. The Bertz CT molecular complexity index is 175. The van der Waals surface area contributed by atoms with Crippen LogP contribution in [0.3, 0.4) is 0 Å². The van der Waals surface area contributed by atoms with Gasteiger partial charge in [0.25, 0.3) is 0 Å². The van der Waals surface area contributed by atoms with Gasteiger partial charge in [0.05, 0.1) is 6.61 Å². The van der Waals surface area contributed by atoms with Gasteiger partial charge in [0.15, 0.2) is 0 Å². The topological polar surface area (TPSA) is 69.4 Å². The fraction of sp³-hybridized carbons (Fsp3) is 0.500. The predicted octanol–water partition coefficient (Wildman–Crippen LogP) is 0.382. The fourth-order valence-electron chi connectivity index (χ4n) is 0.425. The van der Waals surface area contributed by atoms with Gasteiger partial charge in [-0.3, -0.25) is 10.1 Å². The lowest BCUT2D eigenvalue weighted by atomic mass is 10.5. The molecule has 0 aromatic carbocycles. The zero-order valence-electron chi connectivity index (χ0n) is 6.15. The lowest BCUT2D eigenvalue weighted by molar-refractivity contribution is -0.468. The molecule has 0 bridgehead atoms. The van der Waals surface area contributed by atoms with Crippen LogP contribution in [0.5, 0.6) is 0 Å². The SMILES string of the molecule is CCOC(=O)C=CC[N+](=O)[O-]. The van der Waals surface area contributed by atoms with E-state index in [1.165, 1.54) is 0 Å². The summed E-state index contributed by atoms with van der Waals surface area (Å²) in [7, 11) is 0. The van der Waals surface area contributed by atoms with Crippen molar-refractivity contribution in [1.29, 1.82) is 0 Å². The van der Waals surface area contributed by atoms with Gasteiger partial charge >= 0.3 is 5.97 Å². The molecule has 0 N–H and O–H groups in total. The number of nitro groups is 1. The smallest absolute Gasteiger partial charge is 0.330 e. The van der Waals surface area contributed by atoms with E-state index in [9.17, 15) is 14.9 Å². The highest BCUT2D eigenvalue weighted by Gasteiger charge is 1.94. The maximum absolute atomic E-state index is 10.5. The second kappa shape index (κ2) is 5.40. The van der Waals surface area contributed by atoms with E-state index in [0.29, 0.717) is 0 Å². The summed E-state index contributed by atoms with van der Waals surface area (Å²) >= 11 is 0. The normalized spacial score (nSPS) is 9.91. The lowest BCUT2D eigenvalue weighted by Gasteiger charge is -1.92. The summed E-state index contributed by atoms with van der Waals surface area (Å²) in [5.74, 6) is -0.547. The minimum Gasteiger partial charge on any atom is -0.463 e. The van der Waals surface area contributed by atoms with Gasteiger partial charge in [-0.15, -0.1) is 0 Å². The summed E-state index contributed by atoms with van der Waals surface area (Å²) in [4.78, 5) is 19.7. The van der Waals surface area contributed by atoms with Gasteiger partial charge in [-0.2, -0.15) is 0 Å². The predicted molar refractivity (Wildman–Crippen MR) is 37.6 cm³/mol. The largest absolute Gasteiger partial charge is 0.463 e. The molecule has 0 aliphatic carbocycles. The van der Waals surface area contributed by atoms with E-state index in [-0.39, 0.29) is 13.2 Å². The number of esters is 1. The molecule has 0 atom stereocenters. The molecule has 0 saturated heterocycles. The summed E-state index contributed by atoms with van der Waals surface area (Å²) in [6.45, 7) is 1.60. The molecule has 0 fully saturated rings. The van der Waals surface area contributed by atoms with E-state index >= 15 is 0 Å². The van der Waals surface area contributed by atoms with Gasteiger partial charge in [0.1, 0.15) is 0 Å². The highest BCUT2D eigenvalue weighted by atomic mass is 16.6. The van der Waals surface area contributed by atoms with Gasteiger partial charge in [0.2, 0.25) is 6.54 Å². The Morgan fingerprint density at radius 1 is 1.73 bits per heavy atom. The number of hydrogen-bond donors (Lipinski definition) is 0. The zero-order valence-corrected chi connectivity index (χ0v) is 6.15. The van der Waals surface area contributed by atoms with Crippen LogP contribution in [0.1, 0.15) is 6.92 Å². The van der Waals surface area contributed by atoms with Crippen LogP contribution < -0.4 is 0 Å². The Hall–Kier alpha value is -1.39. The Kier molecular flexibility index (Phi) is 4.72. The molecule has 5 heteroatoms. The molecule has 0 radical (unpaired) electrons. The minimum absolute atomic E-state index is 0.279. The maximum atomic E-state index is 10.5. The molecule has 0 rings (SSSR count). The average molecular weight is 159 g/mol. The van der Waals surface area contributed by atoms with Crippen LogP contribution in [0.15, 0.2) is 12.2 Å². The quantitative estimate of drug-likeness (QED) is 0.257. The van der Waals surface area contributed by atoms with Crippen LogP contribution in [-0.2, 0) is 9.53 Å². The van der Waals surface area contributed by atoms with Crippen LogP contribution in [0, 0.1) is 10.1 Å². The summed E-state index contributed by atoms with van der Waals surface area (Å²) in [6.07, 6.45) is 2.20. The molecule has 5 nitrogen and oxygen atoms in total. The second-order valence-corrected chi connectivity index (χ2v) is 1.67. The summed E-state index contributed by atoms with van der Waals surface area (Å²) in [6, 6.07) is 0. The zero-order chi connectivity index (χ0) is 8.69. The number of hydrogen-bond acceptors (Lipinski definition) is 4. The summed E-state index contributed by atoms with van der Waals surface area (Å²) < 4.78 is 4.48. The third-order valence-electron chi connectivity index (χ3n) is 0.795. The van der Waals surface area contributed by atoms with Crippen LogP contribution >= 0.6 is 0 Å². The van der Waals surface area contributed by atoms with Crippen LogP contribution in [0.25, 0.3) is 0 Å². The molecule has 0 amide bonds. The van der Waals surface area contributed by atoms with Crippen molar-refractivity contribution >= 4 is 5.97 Å². The molecular formula is C6H9NO4. The first-order valence-corrected chi connectivity index (χ1v) is 3.12. The van der Waals surface area contributed by atoms with Crippen molar-refractivity contribution in [3.05, 3.63) is 22.3 Å². The van der Waals surface area contributed by atoms with E-state index in [1.807, 2.05) is 0 Å². The monoisotopic (exact) mass is 159 g/mol. The van der Waals surface area contributed by atoms with Crippen LogP contribution in [0.2, 0.25) is 0 Å². The highest BCUT2D eigenvalue weighted by molar-refractivity contribution is 5.81. The molecule has 0 aromatic rings. The molecular weight excluding hydrogens is 150 g/mol. The Morgan fingerprint density at radius 2 is 2.36 bits per heavy atom. The number of ether oxygens (including phenoxy) is 1. The Labute approximate surface area is 63.8 Å². The van der Waals surface area contributed by atoms with Crippen molar-refractivity contribution < 1.29 is 14.5 Å². The van der Waals surface area contributed by atoms with Crippen molar-refractivity contribution in [3.63, 3.8) is 0 Å². The van der Waals surface area contributed by atoms with Gasteiger partial charge < -0.3 is 4.74 Å². The first-order chi connectivity index (χ1) is 5.16. The van der Waals surface area contributed by atoms with Gasteiger partial charge in [0, 0.05) is 11.0 Å². The highest BCUT2D eigenvalue weighted by Crippen LogP contribution is 1.81. The van der Waals surface area contributed by atoms with Gasteiger partial charge in [-0.25, -0.2) is 4.79 Å². The summed E-state index contributed by atoms with van der Waals surface area (Å²) in [5, 5.41) is 9.74. The first-order valence-electron chi connectivity index (χ1n) is 3.12. The standard InChI is InChI=1S/C6H9NO4/c1-2-11-6(8)4-3-5-7(9)10/h3-4H,2,5H2,1H3. The minimum atomic E-state index is -0.547. The van der Waals surface area contributed by atoms with E-state index in [1.54, 1.807) is 6.92 Å². The Balaban J connectivity index is 3.56. The average Bonchev–Trinajstić information content (AvgIpc) is 1.87. The van der Waals surface area contributed by atoms with E-state index in [4.69, 9.17) is 0 Å². The van der Waals surface area contributed by atoms with Crippen LogP contribution in [-0.4, -0.2) is 24.0 Å². The second-order valence-electron chi connectivity index (χ2n) is 1.67. The number of carbonyl (C=O) groups excluding carboxylic acids is 1. The van der Waals surface area contributed by atoms with Crippen molar-refractivity contribution in [2.45, 2.75) is 6.92 Å². The molecule has 0 heterocycles. The van der Waals surface area contributed by atoms with Crippen LogP contribution in [0.4, 0.5) is 0 Å². The molecule has 0 spiro atoms. The van der Waals surface area contributed by atoms with Gasteiger partial charge in [-0.05, 0) is 13.0 Å². The molecule has 0 saturated carbocycles. The van der Waals surface area contributed by atoms with E-state index < -0.39 is 10.9 Å². The molecule has 0 aliphatic rings. The molecule has 0 aromatic heterocycles. The lowest BCUT2D eigenvalue weighted by Crippen LogP contribution is -2.01. The molecule has 62 valence electrons. The molecule has 0 unspecified atom stereocenters. The molecule has 0 aliphatic heterocycles. The van der Waals surface area contributed by atoms with Gasteiger partial charge in [-0.1, -0.05) is 0 Å².